The van der Waals surface area contributed by atoms with Crippen LogP contribution in [0.4, 0.5) is 13.2 Å². The van der Waals surface area contributed by atoms with Crippen LogP contribution in [0.5, 0.6) is 0 Å². The molecule has 6 nitrogen and oxygen atoms in total. The minimum Gasteiger partial charge on any atom is -0.461 e. The lowest BCUT2D eigenvalue weighted by Crippen LogP contribution is -2.40. The van der Waals surface area contributed by atoms with Gasteiger partial charge in [0.2, 0.25) is 10.0 Å². The molecule has 0 atom stereocenters. The Morgan fingerprint density at radius 1 is 1.14 bits per heavy atom. The van der Waals surface area contributed by atoms with Crippen molar-refractivity contribution in [3.8, 4) is 0 Å². The first kappa shape index (κ1) is 21.3. The molecule has 0 N–H and O–H groups in total. The van der Waals surface area contributed by atoms with E-state index in [-0.39, 0.29) is 36.4 Å². The van der Waals surface area contributed by atoms with Crippen LogP contribution >= 0.6 is 0 Å². The summed E-state index contributed by atoms with van der Waals surface area (Å²) in [6, 6.07) is 7.88. The van der Waals surface area contributed by atoms with Gasteiger partial charge in [-0.05, 0) is 31.0 Å². The molecule has 3 rings (SSSR count). The van der Waals surface area contributed by atoms with Crippen molar-refractivity contribution in [2.24, 2.45) is 5.92 Å². The van der Waals surface area contributed by atoms with Crippen LogP contribution in [-0.2, 0) is 32.3 Å². The van der Waals surface area contributed by atoms with E-state index in [1.165, 1.54) is 47.0 Å². The number of pyridine rings is 1. The number of carbonyl (C=O) groups excluding carboxylic acids is 1. The summed E-state index contributed by atoms with van der Waals surface area (Å²) >= 11 is 0. The van der Waals surface area contributed by atoms with Gasteiger partial charge in [-0.3, -0.25) is 9.78 Å². The summed E-state index contributed by atoms with van der Waals surface area (Å²) in [6.07, 6.45) is -1.33. The molecule has 0 unspecified atom stereocenters. The van der Waals surface area contributed by atoms with Crippen molar-refractivity contribution >= 4 is 16.0 Å². The van der Waals surface area contributed by atoms with Crippen LogP contribution in [0, 0.1) is 5.92 Å². The number of rotatable bonds is 5. The zero-order chi connectivity index (χ0) is 21.1. The number of halogens is 3. The lowest BCUT2D eigenvalue weighted by atomic mass is 9.98. The van der Waals surface area contributed by atoms with Crippen LogP contribution in [0.3, 0.4) is 0 Å². The molecule has 2 heterocycles. The summed E-state index contributed by atoms with van der Waals surface area (Å²) in [6.45, 7) is -0.241. The van der Waals surface area contributed by atoms with E-state index in [4.69, 9.17) is 4.74 Å². The van der Waals surface area contributed by atoms with Crippen LogP contribution in [0.25, 0.3) is 0 Å². The third-order valence-electron chi connectivity index (χ3n) is 4.75. The summed E-state index contributed by atoms with van der Waals surface area (Å²) in [5.41, 5.74) is -0.963. The number of nitrogens with zero attached hydrogens (tertiary/aromatic N) is 2. The zero-order valence-electron chi connectivity index (χ0n) is 15.3. The molecule has 29 heavy (non-hydrogen) atoms. The summed E-state index contributed by atoms with van der Waals surface area (Å²) in [5.74, 6) is -1.19. The summed E-state index contributed by atoms with van der Waals surface area (Å²) in [4.78, 5) is 16.2. The van der Waals surface area contributed by atoms with E-state index in [1.54, 1.807) is 0 Å². The highest BCUT2D eigenvalue weighted by atomic mass is 32.2. The highest BCUT2D eigenvalue weighted by molar-refractivity contribution is 7.89. The van der Waals surface area contributed by atoms with Gasteiger partial charge in [-0.15, -0.1) is 0 Å². The lowest BCUT2D eigenvalue weighted by Gasteiger charge is -2.30. The van der Waals surface area contributed by atoms with Crippen LogP contribution < -0.4 is 0 Å². The Bertz CT molecular complexity index is 957. The van der Waals surface area contributed by atoms with Gasteiger partial charge in [0.25, 0.3) is 0 Å². The first-order valence-corrected chi connectivity index (χ1v) is 10.4. The molecule has 0 saturated carbocycles. The Morgan fingerprint density at radius 3 is 2.45 bits per heavy atom. The Balaban J connectivity index is 1.58. The molecule has 0 radical (unpaired) electrons. The molecular formula is C19H19F3N2O4S. The number of hydrogen-bond acceptors (Lipinski definition) is 5. The van der Waals surface area contributed by atoms with E-state index < -0.39 is 40.3 Å². The number of aromatic nitrogens is 1. The van der Waals surface area contributed by atoms with Gasteiger partial charge in [0, 0.05) is 31.0 Å². The van der Waals surface area contributed by atoms with E-state index in [9.17, 15) is 26.4 Å². The number of alkyl halides is 3. The molecule has 0 amide bonds. The first-order valence-electron chi connectivity index (χ1n) is 8.91. The predicted octanol–water partition coefficient (Wildman–Crippen LogP) is 3.24. The second kappa shape index (κ2) is 8.50. The van der Waals surface area contributed by atoms with E-state index >= 15 is 0 Å². The number of esters is 1. The summed E-state index contributed by atoms with van der Waals surface area (Å²) in [5, 5.41) is 0. The maximum atomic E-state index is 13.0. The number of benzene rings is 1. The van der Waals surface area contributed by atoms with Crippen LogP contribution in [0.15, 0.2) is 53.7 Å². The number of ether oxygens (including phenoxy) is 1. The fraction of sp³-hybridized carbons (Fsp3) is 0.368. The van der Waals surface area contributed by atoms with E-state index in [2.05, 4.69) is 4.98 Å². The molecule has 0 spiro atoms. The minimum absolute atomic E-state index is 0.0739. The topological polar surface area (TPSA) is 76.6 Å². The molecule has 0 bridgehead atoms. The molecule has 1 aliphatic heterocycles. The molecule has 10 heteroatoms. The average molecular weight is 428 g/mol. The second-order valence-corrected chi connectivity index (χ2v) is 8.57. The van der Waals surface area contributed by atoms with E-state index in [1.807, 2.05) is 0 Å². The van der Waals surface area contributed by atoms with Crippen molar-refractivity contribution in [2.45, 2.75) is 30.5 Å². The standard InChI is InChI=1S/C19H19F3N2O4S/c20-19(21,22)17-6-2-1-4-15(17)13-28-18(25)14-7-10-24(11-8-14)29(26,27)16-5-3-9-23-12-16/h1-6,9,12,14H,7-8,10-11,13H2. The predicted molar refractivity (Wildman–Crippen MR) is 97.0 cm³/mol. The largest absolute Gasteiger partial charge is 0.461 e. The third kappa shape index (κ3) is 4.94. The normalized spacial score (nSPS) is 16.5. The summed E-state index contributed by atoms with van der Waals surface area (Å²) < 4.78 is 70.5. The number of piperidine rings is 1. The highest BCUT2D eigenvalue weighted by Crippen LogP contribution is 2.32. The number of hydrogen-bond donors (Lipinski definition) is 0. The molecule has 156 valence electrons. The second-order valence-electron chi connectivity index (χ2n) is 6.63. The highest BCUT2D eigenvalue weighted by Gasteiger charge is 2.35. The fourth-order valence-corrected chi connectivity index (χ4v) is 4.60. The van der Waals surface area contributed by atoms with Crippen molar-refractivity contribution in [1.82, 2.24) is 9.29 Å². The SMILES string of the molecule is O=C(OCc1ccccc1C(F)(F)F)C1CCN(S(=O)(=O)c2cccnc2)CC1. The van der Waals surface area contributed by atoms with Crippen molar-refractivity contribution in [3.63, 3.8) is 0 Å². The van der Waals surface area contributed by atoms with Gasteiger partial charge in [-0.25, -0.2) is 8.42 Å². The van der Waals surface area contributed by atoms with Gasteiger partial charge in [-0.2, -0.15) is 17.5 Å². The number of sulfonamides is 1. The Hall–Kier alpha value is -2.46. The Morgan fingerprint density at radius 2 is 1.83 bits per heavy atom. The average Bonchev–Trinajstić information content (AvgIpc) is 2.72. The lowest BCUT2D eigenvalue weighted by molar-refractivity contribution is -0.153. The molecule has 1 fully saturated rings. The quantitative estimate of drug-likeness (QED) is 0.684. The smallest absolute Gasteiger partial charge is 0.416 e. The maximum Gasteiger partial charge on any atom is 0.416 e. The molecule has 1 aromatic carbocycles. The van der Waals surface area contributed by atoms with Crippen molar-refractivity contribution in [3.05, 3.63) is 59.9 Å². The van der Waals surface area contributed by atoms with Crippen molar-refractivity contribution < 1.29 is 31.1 Å². The molecule has 1 saturated heterocycles. The van der Waals surface area contributed by atoms with Gasteiger partial charge in [-0.1, -0.05) is 18.2 Å². The van der Waals surface area contributed by atoms with Crippen LogP contribution in [-0.4, -0.2) is 36.8 Å². The maximum absolute atomic E-state index is 13.0. The Kier molecular flexibility index (Phi) is 6.23. The Labute approximate surface area is 166 Å². The van der Waals surface area contributed by atoms with Crippen LogP contribution in [0.1, 0.15) is 24.0 Å². The molecular weight excluding hydrogens is 409 g/mol. The minimum atomic E-state index is -4.53. The summed E-state index contributed by atoms with van der Waals surface area (Å²) in [7, 11) is -3.69. The van der Waals surface area contributed by atoms with E-state index in [0.29, 0.717) is 0 Å². The fourth-order valence-electron chi connectivity index (χ4n) is 3.17. The molecule has 0 aliphatic carbocycles. The van der Waals surface area contributed by atoms with Crippen molar-refractivity contribution in [2.75, 3.05) is 13.1 Å². The first-order chi connectivity index (χ1) is 13.7. The van der Waals surface area contributed by atoms with Crippen LogP contribution in [0.2, 0.25) is 0 Å². The van der Waals surface area contributed by atoms with Gasteiger partial charge in [0.15, 0.2) is 0 Å². The molecule has 2 aromatic rings. The van der Waals surface area contributed by atoms with Gasteiger partial charge < -0.3 is 4.74 Å². The molecule has 1 aromatic heterocycles. The van der Waals surface area contributed by atoms with Gasteiger partial charge >= 0.3 is 12.1 Å². The molecule has 1 aliphatic rings. The monoisotopic (exact) mass is 428 g/mol. The number of carbonyl (C=O) groups is 1. The van der Waals surface area contributed by atoms with E-state index in [0.717, 1.165) is 6.07 Å². The zero-order valence-corrected chi connectivity index (χ0v) is 16.1. The van der Waals surface area contributed by atoms with Gasteiger partial charge in [0.05, 0.1) is 11.5 Å². The third-order valence-corrected chi connectivity index (χ3v) is 6.63. The van der Waals surface area contributed by atoms with Gasteiger partial charge in [0.1, 0.15) is 11.5 Å². The van der Waals surface area contributed by atoms with Crippen molar-refractivity contribution in [1.29, 1.82) is 0 Å².